The van der Waals surface area contributed by atoms with E-state index < -0.39 is 5.60 Å². The third-order valence-electron chi connectivity index (χ3n) is 4.13. The van der Waals surface area contributed by atoms with Gasteiger partial charge in [-0.3, -0.25) is 9.79 Å². The normalized spacial score (nSPS) is 14.7. The van der Waals surface area contributed by atoms with Gasteiger partial charge in [0.1, 0.15) is 11.4 Å². The van der Waals surface area contributed by atoms with Crippen LogP contribution in [0.15, 0.2) is 29.3 Å². The summed E-state index contributed by atoms with van der Waals surface area (Å²) >= 11 is 0. The van der Waals surface area contributed by atoms with Gasteiger partial charge >= 0.3 is 6.09 Å². The summed E-state index contributed by atoms with van der Waals surface area (Å²) in [6, 6.07) is 7.10. The van der Waals surface area contributed by atoms with Crippen molar-refractivity contribution in [2.75, 3.05) is 40.3 Å². The maximum atomic E-state index is 12.2. The summed E-state index contributed by atoms with van der Waals surface area (Å²) in [7, 11) is 3.24. The summed E-state index contributed by atoms with van der Waals surface area (Å²) in [6.07, 6.45) is -0.307. The number of guanidine groups is 1. The largest absolute Gasteiger partial charge is 0.497 e. The first-order valence-corrected chi connectivity index (χ1v) is 9.59. The second-order valence-corrected chi connectivity index (χ2v) is 7.71. The van der Waals surface area contributed by atoms with Gasteiger partial charge in [-0.15, -0.1) is 0 Å². The van der Waals surface area contributed by atoms with Crippen molar-refractivity contribution >= 4 is 18.0 Å². The lowest BCUT2D eigenvalue weighted by atomic mass is 10.1. The average Bonchev–Trinajstić information content (AvgIpc) is 2.64. The summed E-state index contributed by atoms with van der Waals surface area (Å²) in [4.78, 5) is 29.9. The molecule has 0 unspecified atom stereocenters. The molecular formula is C20H31N5O4. The van der Waals surface area contributed by atoms with Gasteiger partial charge in [-0.05, 0) is 39.0 Å². The molecule has 1 aliphatic rings. The molecule has 0 spiro atoms. The van der Waals surface area contributed by atoms with Gasteiger partial charge in [0.05, 0.1) is 13.2 Å². The van der Waals surface area contributed by atoms with Gasteiger partial charge in [-0.2, -0.15) is 0 Å². The van der Waals surface area contributed by atoms with E-state index in [1.54, 1.807) is 43.3 Å². The fourth-order valence-electron chi connectivity index (χ4n) is 2.66. The number of ether oxygens (including phenoxy) is 2. The Morgan fingerprint density at radius 3 is 2.52 bits per heavy atom. The van der Waals surface area contributed by atoms with Gasteiger partial charge in [0.25, 0.3) is 5.91 Å². The Morgan fingerprint density at radius 2 is 1.90 bits per heavy atom. The summed E-state index contributed by atoms with van der Waals surface area (Å²) in [6.45, 7) is 7.60. The highest BCUT2D eigenvalue weighted by molar-refractivity contribution is 5.94. The van der Waals surface area contributed by atoms with Crippen LogP contribution in [0.3, 0.4) is 0 Å². The van der Waals surface area contributed by atoms with Crippen LogP contribution in [0, 0.1) is 0 Å². The number of nitrogens with zero attached hydrogens (tertiary/aromatic N) is 2. The summed E-state index contributed by atoms with van der Waals surface area (Å²) in [5.74, 6) is 1.09. The zero-order valence-electron chi connectivity index (χ0n) is 17.7. The molecule has 0 saturated carbocycles. The molecule has 1 aromatic carbocycles. The number of carbonyl (C=O) groups excluding carboxylic acids is 2. The van der Waals surface area contributed by atoms with Crippen LogP contribution in [0.4, 0.5) is 4.79 Å². The number of carbonyl (C=O) groups is 2. The molecule has 2 amide bonds. The maximum Gasteiger partial charge on any atom is 0.410 e. The van der Waals surface area contributed by atoms with E-state index in [0.29, 0.717) is 43.5 Å². The van der Waals surface area contributed by atoms with E-state index >= 15 is 0 Å². The van der Waals surface area contributed by atoms with E-state index in [4.69, 9.17) is 9.47 Å². The van der Waals surface area contributed by atoms with Gasteiger partial charge in [0.15, 0.2) is 5.96 Å². The number of aliphatic imine (C=N–C) groups is 1. The molecule has 2 rings (SSSR count). The van der Waals surface area contributed by atoms with Crippen molar-refractivity contribution in [3.8, 4) is 5.75 Å². The highest BCUT2D eigenvalue weighted by Gasteiger charge is 2.34. The molecule has 3 N–H and O–H groups in total. The van der Waals surface area contributed by atoms with Crippen molar-refractivity contribution in [3.63, 3.8) is 0 Å². The predicted molar refractivity (Wildman–Crippen MR) is 111 cm³/mol. The number of methoxy groups -OCH3 is 1. The molecule has 9 heteroatoms. The van der Waals surface area contributed by atoms with Crippen LogP contribution in [0.5, 0.6) is 5.75 Å². The van der Waals surface area contributed by atoms with E-state index in [9.17, 15) is 9.59 Å². The zero-order valence-corrected chi connectivity index (χ0v) is 17.7. The molecule has 0 bridgehead atoms. The number of rotatable bonds is 6. The number of nitrogens with one attached hydrogen (secondary N) is 3. The third-order valence-corrected chi connectivity index (χ3v) is 4.13. The van der Waals surface area contributed by atoms with Crippen LogP contribution in [0.25, 0.3) is 0 Å². The van der Waals surface area contributed by atoms with Gasteiger partial charge in [-0.1, -0.05) is 6.07 Å². The topological polar surface area (TPSA) is 104 Å². The SMILES string of the molecule is CN=C(NCCNC(=O)c1cccc(OC)c1)NC1CN(C(=O)OC(C)(C)C)C1. The lowest BCUT2D eigenvalue weighted by Crippen LogP contribution is -2.63. The first kappa shape index (κ1) is 22.3. The summed E-state index contributed by atoms with van der Waals surface area (Å²) in [5, 5.41) is 9.24. The molecule has 0 atom stereocenters. The fourth-order valence-corrected chi connectivity index (χ4v) is 2.66. The number of hydrogen-bond donors (Lipinski definition) is 3. The molecule has 1 saturated heterocycles. The number of benzene rings is 1. The smallest absolute Gasteiger partial charge is 0.410 e. The maximum absolute atomic E-state index is 12.2. The molecule has 0 aromatic heterocycles. The van der Waals surface area contributed by atoms with Crippen LogP contribution in [-0.4, -0.2) is 74.8 Å². The van der Waals surface area contributed by atoms with E-state index in [0.717, 1.165) is 0 Å². The van der Waals surface area contributed by atoms with E-state index in [-0.39, 0.29) is 18.0 Å². The Hall–Kier alpha value is -2.97. The van der Waals surface area contributed by atoms with Crippen LogP contribution >= 0.6 is 0 Å². The first-order chi connectivity index (χ1) is 13.7. The minimum atomic E-state index is -0.498. The Kier molecular flexibility index (Phi) is 7.69. The second kappa shape index (κ2) is 9.99. The van der Waals surface area contributed by atoms with Crippen molar-refractivity contribution in [3.05, 3.63) is 29.8 Å². The van der Waals surface area contributed by atoms with Crippen molar-refractivity contribution in [2.45, 2.75) is 32.4 Å². The second-order valence-electron chi connectivity index (χ2n) is 7.71. The molecule has 0 aliphatic carbocycles. The van der Waals surface area contributed by atoms with E-state index in [2.05, 4.69) is 20.9 Å². The fraction of sp³-hybridized carbons (Fsp3) is 0.550. The summed E-state index contributed by atoms with van der Waals surface area (Å²) in [5.41, 5.74) is 0.0474. The van der Waals surface area contributed by atoms with Crippen molar-refractivity contribution in [1.82, 2.24) is 20.9 Å². The average molecular weight is 405 g/mol. The van der Waals surface area contributed by atoms with Crippen molar-refractivity contribution in [2.24, 2.45) is 4.99 Å². The molecule has 9 nitrogen and oxygen atoms in total. The predicted octanol–water partition coefficient (Wildman–Crippen LogP) is 1.21. The quantitative estimate of drug-likeness (QED) is 0.373. The van der Waals surface area contributed by atoms with Gasteiger partial charge < -0.3 is 30.3 Å². The van der Waals surface area contributed by atoms with Crippen LogP contribution < -0.4 is 20.7 Å². The van der Waals surface area contributed by atoms with E-state index in [1.807, 2.05) is 20.8 Å². The Bertz CT molecular complexity index is 739. The molecule has 1 aliphatic heterocycles. The molecule has 1 fully saturated rings. The highest BCUT2D eigenvalue weighted by atomic mass is 16.6. The molecular weight excluding hydrogens is 374 g/mol. The number of amides is 2. The minimum absolute atomic E-state index is 0.111. The Balaban J connectivity index is 1.66. The van der Waals surface area contributed by atoms with Gasteiger partial charge in [0.2, 0.25) is 0 Å². The number of likely N-dealkylation sites (tertiary alicyclic amines) is 1. The molecule has 1 heterocycles. The lowest BCUT2D eigenvalue weighted by Gasteiger charge is -2.40. The third kappa shape index (κ3) is 7.17. The highest BCUT2D eigenvalue weighted by Crippen LogP contribution is 2.15. The Morgan fingerprint density at radius 1 is 1.21 bits per heavy atom. The summed E-state index contributed by atoms with van der Waals surface area (Å²) < 4.78 is 10.5. The molecule has 29 heavy (non-hydrogen) atoms. The van der Waals surface area contributed by atoms with Crippen molar-refractivity contribution in [1.29, 1.82) is 0 Å². The monoisotopic (exact) mass is 405 g/mol. The van der Waals surface area contributed by atoms with E-state index in [1.165, 1.54) is 0 Å². The van der Waals surface area contributed by atoms with Crippen LogP contribution in [0.1, 0.15) is 31.1 Å². The molecule has 0 radical (unpaired) electrons. The van der Waals surface area contributed by atoms with Crippen LogP contribution in [-0.2, 0) is 4.74 Å². The van der Waals surface area contributed by atoms with Crippen LogP contribution in [0.2, 0.25) is 0 Å². The Labute approximate surface area is 171 Å². The van der Waals surface area contributed by atoms with Crippen molar-refractivity contribution < 1.29 is 19.1 Å². The standard InChI is InChI=1S/C20H31N5O4/c1-20(2,3)29-19(27)25-12-15(13-25)24-18(21-4)23-10-9-22-17(26)14-7-6-8-16(11-14)28-5/h6-8,11,15H,9-10,12-13H2,1-5H3,(H,22,26)(H2,21,23,24). The lowest BCUT2D eigenvalue weighted by molar-refractivity contribution is 0.00701. The molecule has 160 valence electrons. The molecule has 1 aromatic rings. The number of hydrogen-bond acceptors (Lipinski definition) is 5. The zero-order chi connectivity index (χ0) is 21.4. The first-order valence-electron chi connectivity index (χ1n) is 9.59. The van der Waals surface area contributed by atoms with Gasteiger partial charge in [-0.25, -0.2) is 4.79 Å². The minimum Gasteiger partial charge on any atom is -0.497 e. The van der Waals surface area contributed by atoms with Gasteiger partial charge in [0, 0.05) is 38.8 Å².